The topological polar surface area (TPSA) is 34.9 Å². The first-order valence-electron chi connectivity index (χ1n) is 6.23. The summed E-state index contributed by atoms with van der Waals surface area (Å²) in [5.74, 6) is 0. The van der Waals surface area contributed by atoms with Crippen LogP contribution in [0.15, 0.2) is 48.7 Å². The first-order valence-corrected chi connectivity index (χ1v) is 6.23. The van der Waals surface area contributed by atoms with E-state index in [9.17, 15) is 4.79 Å². The first-order chi connectivity index (χ1) is 9.28. The van der Waals surface area contributed by atoms with E-state index in [2.05, 4.69) is 9.55 Å². The minimum atomic E-state index is 0.677. The monoisotopic (exact) mass is 250 g/mol. The maximum atomic E-state index is 11.1. The molecule has 0 fully saturated rings. The van der Waals surface area contributed by atoms with Gasteiger partial charge in [-0.15, -0.1) is 0 Å². The van der Waals surface area contributed by atoms with Gasteiger partial charge in [-0.1, -0.05) is 18.2 Å². The molecule has 0 saturated carbocycles. The lowest BCUT2D eigenvalue weighted by atomic mass is 10.1. The smallest absolute Gasteiger partial charge is 0.152 e. The minimum absolute atomic E-state index is 0.677. The van der Waals surface area contributed by atoms with Gasteiger partial charge in [0.1, 0.15) is 0 Å². The van der Waals surface area contributed by atoms with Crippen molar-refractivity contribution in [3.05, 3.63) is 65.6 Å². The van der Waals surface area contributed by atoms with Gasteiger partial charge in [-0.3, -0.25) is 9.78 Å². The summed E-state index contributed by atoms with van der Waals surface area (Å²) < 4.78 is 2.07. The van der Waals surface area contributed by atoms with Gasteiger partial charge in [0.15, 0.2) is 6.29 Å². The maximum absolute atomic E-state index is 11.1. The van der Waals surface area contributed by atoms with Crippen molar-refractivity contribution in [3.8, 4) is 0 Å². The van der Waals surface area contributed by atoms with Gasteiger partial charge in [-0.2, -0.15) is 0 Å². The summed E-state index contributed by atoms with van der Waals surface area (Å²) in [4.78, 5) is 15.6. The summed E-state index contributed by atoms with van der Waals surface area (Å²) >= 11 is 0. The van der Waals surface area contributed by atoms with Crippen molar-refractivity contribution in [2.45, 2.75) is 13.5 Å². The third kappa shape index (κ3) is 2.15. The summed E-state index contributed by atoms with van der Waals surface area (Å²) in [5, 5.41) is 1.08. The van der Waals surface area contributed by atoms with Gasteiger partial charge in [0, 0.05) is 22.8 Å². The molecule has 0 spiro atoms. The van der Waals surface area contributed by atoms with Crippen LogP contribution in [0, 0.1) is 6.92 Å². The van der Waals surface area contributed by atoms with Gasteiger partial charge < -0.3 is 4.57 Å². The summed E-state index contributed by atoms with van der Waals surface area (Å²) in [6.45, 7) is 2.66. The Bertz CT molecular complexity index is 743. The van der Waals surface area contributed by atoms with E-state index in [1.54, 1.807) is 0 Å². The Morgan fingerprint density at radius 1 is 1.16 bits per heavy atom. The first kappa shape index (κ1) is 11.7. The van der Waals surface area contributed by atoms with Crippen LogP contribution in [0.25, 0.3) is 10.9 Å². The molecule has 2 aromatic heterocycles. The highest BCUT2D eigenvalue weighted by molar-refractivity contribution is 5.96. The fourth-order valence-electron chi connectivity index (χ4n) is 2.38. The van der Waals surface area contributed by atoms with E-state index in [0.29, 0.717) is 6.54 Å². The Hall–Kier alpha value is -2.42. The molecule has 19 heavy (non-hydrogen) atoms. The average molecular weight is 250 g/mol. The number of fused-ring (bicyclic) bond motifs is 1. The van der Waals surface area contributed by atoms with E-state index in [-0.39, 0.29) is 0 Å². The molecule has 3 rings (SSSR count). The molecule has 0 amide bonds. The number of benzene rings is 1. The second kappa shape index (κ2) is 4.69. The molecule has 0 atom stereocenters. The van der Waals surface area contributed by atoms with Crippen LogP contribution in [0.1, 0.15) is 21.7 Å². The highest BCUT2D eigenvalue weighted by Gasteiger charge is 2.06. The molecule has 0 N–H and O–H groups in total. The molecule has 3 aromatic rings. The molecular formula is C16H14N2O. The quantitative estimate of drug-likeness (QED) is 0.669. The molecule has 0 radical (unpaired) electrons. The normalized spacial score (nSPS) is 10.8. The van der Waals surface area contributed by atoms with E-state index in [1.165, 1.54) is 0 Å². The second-order valence-corrected chi connectivity index (χ2v) is 4.62. The molecule has 0 aliphatic rings. The fraction of sp³-hybridized carbons (Fsp3) is 0.125. The number of hydrogen-bond acceptors (Lipinski definition) is 2. The third-order valence-electron chi connectivity index (χ3n) is 3.23. The van der Waals surface area contributed by atoms with E-state index in [1.807, 2.05) is 55.6 Å². The number of rotatable bonds is 3. The van der Waals surface area contributed by atoms with E-state index >= 15 is 0 Å². The molecule has 0 saturated heterocycles. The molecule has 2 heterocycles. The fourth-order valence-corrected chi connectivity index (χ4v) is 2.38. The predicted octanol–water partition coefficient (Wildman–Crippen LogP) is 3.21. The van der Waals surface area contributed by atoms with Crippen molar-refractivity contribution in [1.29, 1.82) is 0 Å². The largest absolute Gasteiger partial charge is 0.341 e. The van der Waals surface area contributed by atoms with Gasteiger partial charge in [0.25, 0.3) is 0 Å². The number of carbonyl (C=O) groups excluding carboxylic acids is 1. The maximum Gasteiger partial charge on any atom is 0.152 e. The molecule has 1 aromatic carbocycles. The second-order valence-electron chi connectivity index (χ2n) is 4.62. The number of aldehydes is 1. The number of carbonyl (C=O) groups is 1. The summed E-state index contributed by atoms with van der Waals surface area (Å²) in [6, 6.07) is 13.8. The summed E-state index contributed by atoms with van der Waals surface area (Å²) in [6.07, 6.45) is 2.91. The zero-order valence-electron chi connectivity index (χ0n) is 10.7. The lowest BCUT2D eigenvalue weighted by Crippen LogP contribution is -2.02. The van der Waals surface area contributed by atoms with Crippen LogP contribution < -0.4 is 0 Å². The van der Waals surface area contributed by atoms with Crippen LogP contribution in [0.5, 0.6) is 0 Å². The van der Waals surface area contributed by atoms with Crippen molar-refractivity contribution < 1.29 is 4.79 Å². The van der Waals surface area contributed by atoms with Crippen molar-refractivity contribution in [1.82, 2.24) is 9.55 Å². The van der Waals surface area contributed by atoms with Crippen LogP contribution in [0.4, 0.5) is 0 Å². The van der Waals surface area contributed by atoms with Crippen molar-refractivity contribution in [3.63, 3.8) is 0 Å². The van der Waals surface area contributed by atoms with E-state index in [4.69, 9.17) is 0 Å². The highest BCUT2D eigenvalue weighted by atomic mass is 16.1. The lowest BCUT2D eigenvalue weighted by Gasteiger charge is -2.07. The molecule has 0 aliphatic heterocycles. The van der Waals surface area contributed by atoms with Gasteiger partial charge in [0.2, 0.25) is 0 Å². The van der Waals surface area contributed by atoms with Crippen LogP contribution in [0.3, 0.4) is 0 Å². The van der Waals surface area contributed by atoms with Crippen LogP contribution in [-0.2, 0) is 6.54 Å². The zero-order valence-corrected chi connectivity index (χ0v) is 10.7. The SMILES string of the molecule is Cc1cccc(Cn2ccc3cccc(C=O)c32)n1. The predicted molar refractivity (Wildman–Crippen MR) is 75.4 cm³/mol. The molecule has 3 heteroatoms. The van der Waals surface area contributed by atoms with Crippen molar-refractivity contribution in [2.75, 3.05) is 0 Å². The molecule has 0 bridgehead atoms. The average Bonchev–Trinajstić information content (AvgIpc) is 2.82. The number of nitrogens with zero attached hydrogens (tertiary/aromatic N) is 2. The molecule has 0 aliphatic carbocycles. The van der Waals surface area contributed by atoms with E-state index in [0.717, 1.165) is 34.1 Å². The Balaban J connectivity index is 2.08. The Morgan fingerprint density at radius 3 is 2.79 bits per heavy atom. The van der Waals surface area contributed by atoms with Crippen LogP contribution >= 0.6 is 0 Å². The number of para-hydroxylation sites is 1. The molecule has 3 nitrogen and oxygen atoms in total. The highest BCUT2D eigenvalue weighted by Crippen LogP contribution is 2.20. The van der Waals surface area contributed by atoms with Gasteiger partial charge >= 0.3 is 0 Å². The van der Waals surface area contributed by atoms with E-state index < -0.39 is 0 Å². The number of aromatic nitrogens is 2. The summed E-state index contributed by atoms with van der Waals surface area (Å²) in [5.41, 5.74) is 3.69. The molecule has 0 unspecified atom stereocenters. The minimum Gasteiger partial charge on any atom is -0.341 e. The summed E-state index contributed by atoms with van der Waals surface area (Å²) in [7, 11) is 0. The third-order valence-corrected chi connectivity index (χ3v) is 3.23. The Kier molecular flexibility index (Phi) is 2.88. The number of hydrogen-bond donors (Lipinski definition) is 0. The standard InChI is InChI=1S/C16H14N2O/c1-12-4-2-7-15(17-12)10-18-9-8-13-5-3-6-14(11-19)16(13)18/h2-9,11H,10H2,1H3. The molecule has 94 valence electrons. The van der Waals surface area contributed by atoms with Crippen LogP contribution in [0.2, 0.25) is 0 Å². The number of pyridine rings is 1. The Labute approximate surface area is 111 Å². The van der Waals surface area contributed by atoms with Crippen LogP contribution in [-0.4, -0.2) is 15.8 Å². The zero-order chi connectivity index (χ0) is 13.2. The van der Waals surface area contributed by atoms with Gasteiger partial charge in [-0.25, -0.2) is 0 Å². The van der Waals surface area contributed by atoms with Crippen molar-refractivity contribution in [2.24, 2.45) is 0 Å². The lowest BCUT2D eigenvalue weighted by molar-refractivity contribution is 0.112. The number of aryl methyl sites for hydroxylation is 1. The van der Waals surface area contributed by atoms with Gasteiger partial charge in [0.05, 0.1) is 17.8 Å². The van der Waals surface area contributed by atoms with Crippen molar-refractivity contribution >= 4 is 17.2 Å². The van der Waals surface area contributed by atoms with Gasteiger partial charge in [-0.05, 0) is 31.2 Å². The molecular weight excluding hydrogens is 236 g/mol. The Morgan fingerprint density at radius 2 is 2.00 bits per heavy atom.